The summed E-state index contributed by atoms with van der Waals surface area (Å²) in [5.41, 5.74) is 9.45. The first-order valence-electron chi connectivity index (χ1n) is 2.83. The van der Waals surface area contributed by atoms with Crippen LogP contribution in [0.25, 0.3) is 0 Å². The second-order valence-corrected chi connectivity index (χ2v) is 2.35. The summed E-state index contributed by atoms with van der Waals surface area (Å²) in [6.45, 7) is 4.23. The average molecular weight is 109 g/mol. The van der Waals surface area contributed by atoms with Crippen LogP contribution in [0.3, 0.4) is 0 Å². The largest absolute Gasteiger partial charge is 0.404 e. The molecule has 0 aliphatic heterocycles. The summed E-state index contributed by atoms with van der Waals surface area (Å²) >= 11 is 0. The molecule has 1 saturated carbocycles. The summed E-state index contributed by atoms with van der Waals surface area (Å²) in [5, 5.41) is 0. The van der Waals surface area contributed by atoms with Gasteiger partial charge >= 0.3 is 0 Å². The highest BCUT2D eigenvalue weighted by molar-refractivity contribution is 5.52. The Bertz CT molecular complexity index is 159. The Morgan fingerprint density at radius 1 is 1.62 bits per heavy atom. The van der Waals surface area contributed by atoms with Gasteiger partial charge in [-0.1, -0.05) is 5.57 Å². The molecule has 8 heavy (non-hydrogen) atoms. The van der Waals surface area contributed by atoms with Gasteiger partial charge in [0, 0.05) is 0 Å². The van der Waals surface area contributed by atoms with E-state index in [2.05, 4.69) is 13.8 Å². The fraction of sp³-hybridized carbons (Fsp3) is 0.429. The molecule has 1 nitrogen and oxygen atoms in total. The van der Waals surface area contributed by atoms with E-state index in [1.165, 1.54) is 16.7 Å². The first kappa shape index (κ1) is 5.42. The Hall–Kier alpha value is -0.720. The molecule has 1 aliphatic carbocycles. The molecule has 0 atom stereocenters. The van der Waals surface area contributed by atoms with Crippen molar-refractivity contribution < 1.29 is 0 Å². The number of rotatable bonds is 0. The molecule has 0 radical (unpaired) electrons. The van der Waals surface area contributed by atoms with Crippen LogP contribution in [0.15, 0.2) is 22.9 Å². The Morgan fingerprint density at radius 3 is 2.38 bits per heavy atom. The van der Waals surface area contributed by atoms with E-state index in [0.717, 1.165) is 6.42 Å². The normalized spacial score (nSPS) is 21.8. The van der Waals surface area contributed by atoms with Gasteiger partial charge in [0.15, 0.2) is 0 Å². The van der Waals surface area contributed by atoms with E-state index >= 15 is 0 Å². The summed E-state index contributed by atoms with van der Waals surface area (Å²) < 4.78 is 0. The van der Waals surface area contributed by atoms with Crippen LogP contribution in [0.4, 0.5) is 0 Å². The Labute approximate surface area is 49.9 Å². The molecule has 1 rings (SSSR count). The van der Waals surface area contributed by atoms with Crippen LogP contribution in [0.1, 0.15) is 20.3 Å². The highest BCUT2D eigenvalue weighted by Gasteiger charge is 2.20. The van der Waals surface area contributed by atoms with Crippen molar-refractivity contribution in [2.24, 2.45) is 5.73 Å². The van der Waals surface area contributed by atoms with E-state index in [0.29, 0.717) is 0 Å². The van der Waals surface area contributed by atoms with Crippen LogP contribution in [0.2, 0.25) is 0 Å². The summed E-state index contributed by atoms with van der Waals surface area (Å²) in [4.78, 5) is 0. The fourth-order valence-corrected chi connectivity index (χ4v) is 0.804. The van der Waals surface area contributed by atoms with Crippen molar-refractivity contribution >= 4 is 0 Å². The van der Waals surface area contributed by atoms with Crippen molar-refractivity contribution in [1.82, 2.24) is 0 Å². The Balaban J connectivity index is 2.74. The first-order valence-corrected chi connectivity index (χ1v) is 2.83. The number of nitrogens with two attached hydrogens (primary N) is 1. The van der Waals surface area contributed by atoms with Crippen molar-refractivity contribution in [1.29, 1.82) is 0 Å². The molecule has 1 aliphatic rings. The van der Waals surface area contributed by atoms with Gasteiger partial charge in [-0.3, -0.25) is 0 Å². The highest BCUT2D eigenvalue weighted by Crippen LogP contribution is 2.38. The predicted molar refractivity (Wildman–Crippen MR) is 35.3 cm³/mol. The molecular weight excluding hydrogens is 98.1 g/mol. The summed E-state index contributed by atoms with van der Waals surface area (Å²) in [5.74, 6) is 0. The van der Waals surface area contributed by atoms with Crippen LogP contribution in [0.5, 0.6) is 0 Å². The molecule has 0 bridgehead atoms. The topological polar surface area (TPSA) is 26.0 Å². The Kier molecular flexibility index (Phi) is 1.12. The van der Waals surface area contributed by atoms with Crippen molar-refractivity contribution in [3.63, 3.8) is 0 Å². The van der Waals surface area contributed by atoms with E-state index < -0.39 is 0 Å². The Morgan fingerprint density at radius 2 is 2.25 bits per heavy atom. The molecule has 0 aromatic rings. The SMILES string of the molecule is CC(C)=C1C/C1=C\N. The van der Waals surface area contributed by atoms with Gasteiger partial charge in [-0.15, -0.1) is 0 Å². The van der Waals surface area contributed by atoms with Crippen molar-refractivity contribution in [3.05, 3.63) is 22.9 Å². The van der Waals surface area contributed by atoms with E-state index in [-0.39, 0.29) is 0 Å². The van der Waals surface area contributed by atoms with E-state index in [1.807, 2.05) is 0 Å². The molecule has 1 fully saturated rings. The maximum Gasteiger partial charge on any atom is -0.000599 e. The quantitative estimate of drug-likeness (QED) is 0.502. The van der Waals surface area contributed by atoms with Gasteiger partial charge in [-0.05, 0) is 37.6 Å². The lowest BCUT2D eigenvalue weighted by Gasteiger charge is -1.78. The lowest BCUT2D eigenvalue weighted by Crippen LogP contribution is -1.73. The van der Waals surface area contributed by atoms with Crippen LogP contribution in [0, 0.1) is 0 Å². The molecule has 1 heteroatoms. The van der Waals surface area contributed by atoms with Gasteiger partial charge in [0.2, 0.25) is 0 Å². The smallest absolute Gasteiger partial charge is 0.000599 e. The first-order chi connectivity index (χ1) is 3.75. The average Bonchev–Trinajstić information content (AvgIpc) is 2.42. The molecule has 0 saturated heterocycles. The molecule has 0 amide bonds. The number of allylic oxidation sites excluding steroid dienone is 3. The second-order valence-electron chi connectivity index (χ2n) is 2.35. The highest BCUT2D eigenvalue weighted by atomic mass is 14.5. The van der Waals surface area contributed by atoms with Gasteiger partial charge in [-0.2, -0.15) is 0 Å². The van der Waals surface area contributed by atoms with E-state index in [9.17, 15) is 0 Å². The van der Waals surface area contributed by atoms with Crippen molar-refractivity contribution in [2.45, 2.75) is 20.3 Å². The third-order valence-corrected chi connectivity index (χ3v) is 1.43. The summed E-state index contributed by atoms with van der Waals surface area (Å²) in [6.07, 6.45) is 2.82. The van der Waals surface area contributed by atoms with Crippen LogP contribution >= 0.6 is 0 Å². The minimum absolute atomic E-state index is 1.12. The van der Waals surface area contributed by atoms with Crippen LogP contribution in [-0.2, 0) is 0 Å². The zero-order valence-corrected chi connectivity index (χ0v) is 5.36. The number of hydrogen-bond donors (Lipinski definition) is 1. The molecule has 0 aromatic carbocycles. The standard InChI is InChI=1S/C7H11N/c1-5(2)7-3-6(7)4-8/h4H,3,8H2,1-2H3/b6-4+. The second kappa shape index (κ2) is 1.66. The predicted octanol–water partition coefficient (Wildman–Crippen LogP) is 1.57. The zero-order chi connectivity index (χ0) is 6.15. The third kappa shape index (κ3) is 0.760. The monoisotopic (exact) mass is 109 g/mol. The summed E-state index contributed by atoms with van der Waals surface area (Å²) in [6, 6.07) is 0. The van der Waals surface area contributed by atoms with Gasteiger partial charge in [-0.25, -0.2) is 0 Å². The maximum absolute atomic E-state index is 5.27. The molecule has 0 spiro atoms. The number of hydrogen-bond acceptors (Lipinski definition) is 1. The molecule has 0 unspecified atom stereocenters. The summed E-state index contributed by atoms with van der Waals surface area (Å²) in [7, 11) is 0. The van der Waals surface area contributed by atoms with E-state index in [1.54, 1.807) is 6.20 Å². The van der Waals surface area contributed by atoms with Crippen molar-refractivity contribution in [3.8, 4) is 0 Å². The molecule has 0 heterocycles. The lowest BCUT2D eigenvalue weighted by molar-refractivity contribution is 1.36. The molecule has 2 N–H and O–H groups in total. The van der Waals surface area contributed by atoms with Gasteiger partial charge < -0.3 is 5.73 Å². The fourth-order valence-electron chi connectivity index (χ4n) is 0.804. The molecular formula is C7H11N. The van der Waals surface area contributed by atoms with Crippen LogP contribution in [-0.4, -0.2) is 0 Å². The molecule has 0 aromatic heterocycles. The van der Waals surface area contributed by atoms with Crippen LogP contribution < -0.4 is 5.73 Å². The van der Waals surface area contributed by atoms with E-state index in [4.69, 9.17) is 5.73 Å². The van der Waals surface area contributed by atoms with Gasteiger partial charge in [0.1, 0.15) is 0 Å². The molecule has 44 valence electrons. The van der Waals surface area contributed by atoms with Gasteiger partial charge in [0.25, 0.3) is 0 Å². The minimum Gasteiger partial charge on any atom is -0.404 e. The van der Waals surface area contributed by atoms with Crippen molar-refractivity contribution in [2.75, 3.05) is 0 Å². The zero-order valence-electron chi connectivity index (χ0n) is 5.36. The maximum atomic E-state index is 5.27. The third-order valence-electron chi connectivity index (χ3n) is 1.43. The van der Waals surface area contributed by atoms with Gasteiger partial charge in [0.05, 0.1) is 0 Å². The minimum atomic E-state index is 1.12. The lowest BCUT2D eigenvalue weighted by atomic mass is 10.3.